The van der Waals surface area contributed by atoms with Crippen LogP contribution in [0.5, 0.6) is 5.75 Å². The van der Waals surface area contributed by atoms with Gasteiger partial charge in [0.25, 0.3) is 5.91 Å². The highest BCUT2D eigenvalue weighted by Crippen LogP contribution is 2.40. The summed E-state index contributed by atoms with van der Waals surface area (Å²) in [5.41, 5.74) is 11.6. The zero-order valence-electron chi connectivity index (χ0n) is 26.0. The molecule has 1 aromatic carbocycles. The molecular formula is C34H35ClN8O3. The van der Waals surface area contributed by atoms with Crippen LogP contribution in [-0.4, -0.2) is 66.5 Å². The number of carbonyl (C=O) groups excluding carboxylic acids is 2. The summed E-state index contributed by atoms with van der Waals surface area (Å²) in [5.74, 6) is 2.46. The molecule has 1 saturated heterocycles. The smallest absolute Gasteiger partial charge is 0.254 e. The number of benzene rings is 1. The molecule has 11 nitrogen and oxygen atoms in total. The van der Waals surface area contributed by atoms with Crippen LogP contribution in [0.25, 0.3) is 44.8 Å². The lowest BCUT2D eigenvalue weighted by atomic mass is 10.1. The van der Waals surface area contributed by atoms with E-state index in [4.69, 9.17) is 32.0 Å². The summed E-state index contributed by atoms with van der Waals surface area (Å²) in [4.78, 5) is 41.7. The monoisotopic (exact) mass is 638 g/mol. The molecule has 2 amide bonds. The fourth-order valence-corrected chi connectivity index (χ4v) is 7.59. The molecule has 0 radical (unpaired) electrons. The molecule has 46 heavy (non-hydrogen) atoms. The molecule has 3 fully saturated rings. The number of likely N-dealkylation sites (tertiary alicyclic amines) is 1. The highest BCUT2D eigenvalue weighted by Gasteiger charge is 2.47. The van der Waals surface area contributed by atoms with Crippen molar-refractivity contribution in [3.05, 3.63) is 53.2 Å². The van der Waals surface area contributed by atoms with Gasteiger partial charge in [-0.05, 0) is 67.9 Å². The molecule has 2 unspecified atom stereocenters. The standard InChI is InChI=1S/C34H35ClN8O3/c1-17(44)38-29-13-23(35)22(14-37-29)24-8-6-19-11-27(42(32(19)39-24)15-18-4-5-18)33-40-25-10-21(12-28(46-3)31(25)41(33)2)34(45)43-16-20-7-9-26(43)30(20)36/h6,8,10-14,18,20,26,30H,4-5,7,9,15-16,36H2,1-3H3,(H,37,38,44)/t20?,26?,30-/m1/s1. The molecular weight excluding hydrogens is 604 g/mol. The molecule has 8 rings (SSSR count). The second-order valence-electron chi connectivity index (χ2n) is 12.9. The fourth-order valence-electron chi connectivity index (χ4n) is 7.34. The lowest BCUT2D eigenvalue weighted by Crippen LogP contribution is -2.41. The highest BCUT2D eigenvalue weighted by molar-refractivity contribution is 6.33. The Balaban J connectivity index is 1.21. The van der Waals surface area contributed by atoms with Crippen LogP contribution < -0.4 is 15.8 Å². The van der Waals surface area contributed by atoms with Crippen molar-refractivity contribution in [2.24, 2.45) is 24.6 Å². The van der Waals surface area contributed by atoms with Gasteiger partial charge in [-0.15, -0.1) is 0 Å². The molecule has 2 aliphatic carbocycles. The minimum atomic E-state index is -0.216. The van der Waals surface area contributed by atoms with Crippen LogP contribution in [0.4, 0.5) is 5.82 Å². The number of hydrogen-bond acceptors (Lipinski definition) is 7. The van der Waals surface area contributed by atoms with Crippen molar-refractivity contribution in [1.82, 2.24) is 29.0 Å². The summed E-state index contributed by atoms with van der Waals surface area (Å²) < 4.78 is 10.1. The number of imidazole rings is 1. The quantitative estimate of drug-likeness (QED) is 0.249. The molecule has 5 heterocycles. The molecule has 4 aromatic heterocycles. The molecule has 12 heteroatoms. The first kappa shape index (κ1) is 29.0. The largest absolute Gasteiger partial charge is 0.494 e. The summed E-state index contributed by atoms with van der Waals surface area (Å²) in [6.45, 7) is 2.94. The van der Waals surface area contributed by atoms with Crippen LogP contribution in [0.2, 0.25) is 5.02 Å². The highest BCUT2D eigenvalue weighted by atomic mass is 35.5. The Morgan fingerprint density at radius 3 is 2.61 bits per heavy atom. The topological polar surface area (TPSA) is 133 Å². The number of pyridine rings is 2. The number of hydrogen-bond donors (Lipinski definition) is 2. The van der Waals surface area contributed by atoms with E-state index >= 15 is 0 Å². The Morgan fingerprint density at radius 2 is 1.93 bits per heavy atom. The zero-order valence-corrected chi connectivity index (χ0v) is 26.7. The first-order valence-corrected chi connectivity index (χ1v) is 16.1. The molecule has 3 aliphatic rings. The third kappa shape index (κ3) is 4.72. The lowest BCUT2D eigenvalue weighted by Gasteiger charge is -2.27. The zero-order chi connectivity index (χ0) is 31.9. The second-order valence-corrected chi connectivity index (χ2v) is 13.3. The minimum Gasteiger partial charge on any atom is -0.494 e. The van der Waals surface area contributed by atoms with Gasteiger partial charge in [0.05, 0.1) is 29.0 Å². The van der Waals surface area contributed by atoms with E-state index in [0.717, 1.165) is 47.5 Å². The van der Waals surface area contributed by atoms with E-state index in [9.17, 15) is 9.59 Å². The van der Waals surface area contributed by atoms with Gasteiger partial charge >= 0.3 is 0 Å². The third-order valence-electron chi connectivity index (χ3n) is 9.86. The van der Waals surface area contributed by atoms with Crippen molar-refractivity contribution < 1.29 is 14.3 Å². The van der Waals surface area contributed by atoms with Crippen LogP contribution in [0.15, 0.2) is 42.6 Å². The number of rotatable bonds is 7. The van der Waals surface area contributed by atoms with Crippen molar-refractivity contribution >= 4 is 51.3 Å². The van der Waals surface area contributed by atoms with E-state index in [2.05, 4.69) is 20.9 Å². The summed E-state index contributed by atoms with van der Waals surface area (Å²) >= 11 is 6.63. The molecule has 5 aromatic rings. The van der Waals surface area contributed by atoms with E-state index in [1.807, 2.05) is 40.8 Å². The fraction of sp³-hybridized carbons (Fsp3) is 0.382. The van der Waals surface area contributed by atoms with E-state index < -0.39 is 0 Å². The van der Waals surface area contributed by atoms with E-state index in [-0.39, 0.29) is 23.9 Å². The predicted octanol–water partition coefficient (Wildman–Crippen LogP) is 5.24. The first-order chi connectivity index (χ1) is 22.2. The van der Waals surface area contributed by atoms with E-state index in [1.54, 1.807) is 19.4 Å². The molecule has 3 N–H and O–H groups in total. The van der Waals surface area contributed by atoms with Crippen molar-refractivity contribution in [3.63, 3.8) is 0 Å². The van der Waals surface area contributed by atoms with Gasteiger partial charge < -0.3 is 29.8 Å². The minimum absolute atomic E-state index is 0.0205. The van der Waals surface area contributed by atoms with Crippen LogP contribution in [-0.2, 0) is 18.4 Å². The Bertz CT molecular complexity index is 2060. The molecule has 2 bridgehead atoms. The number of fused-ring (bicyclic) bond motifs is 4. The summed E-state index contributed by atoms with van der Waals surface area (Å²) in [6.07, 6.45) is 6.01. The number of nitrogens with zero attached hydrogens (tertiary/aromatic N) is 6. The number of carbonyl (C=O) groups is 2. The van der Waals surface area contributed by atoms with Gasteiger partial charge in [-0.2, -0.15) is 0 Å². The van der Waals surface area contributed by atoms with Gasteiger partial charge in [0.1, 0.15) is 22.7 Å². The first-order valence-electron chi connectivity index (χ1n) is 15.7. The van der Waals surface area contributed by atoms with Gasteiger partial charge in [-0.3, -0.25) is 9.59 Å². The van der Waals surface area contributed by atoms with Crippen LogP contribution in [0.1, 0.15) is 43.0 Å². The van der Waals surface area contributed by atoms with Gasteiger partial charge in [0.2, 0.25) is 5.91 Å². The Kier molecular flexibility index (Phi) is 6.80. The maximum atomic E-state index is 13.7. The number of anilines is 1. The predicted molar refractivity (Wildman–Crippen MR) is 177 cm³/mol. The number of methoxy groups -OCH3 is 1. The van der Waals surface area contributed by atoms with Gasteiger partial charge in [0.15, 0.2) is 5.82 Å². The maximum Gasteiger partial charge on any atom is 0.254 e. The normalized spacial score (nSPS) is 20.6. The van der Waals surface area contributed by atoms with Crippen molar-refractivity contribution in [3.8, 4) is 28.5 Å². The number of nitrogens with one attached hydrogen (secondary N) is 1. The number of piperidine rings is 1. The maximum absolute atomic E-state index is 13.7. The summed E-state index contributed by atoms with van der Waals surface area (Å²) in [6, 6.07) is 11.6. The number of nitrogens with two attached hydrogens (primary N) is 1. The van der Waals surface area contributed by atoms with Gasteiger partial charge in [0, 0.05) is 67.9 Å². The Labute approximate surface area is 270 Å². The van der Waals surface area contributed by atoms with Crippen molar-refractivity contribution in [2.75, 3.05) is 19.0 Å². The molecule has 236 valence electrons. The van der Waals surface area contributed by atoms with Crippen molar-refractivity contribution in [2.45, 2.75) is 51.2 Å². The van der Waals surface area contributed by atoms with Crippen LogP contribution >= 0.6 is 11.6 Å². The molecule has 3 atom stereocenters. The average Bonchev–Trinajstić information content (AvgIpc) is 3.44. The van der Waals surface area contributed by atoms with Crippen LogP contribution in [0.3, 0.4) is 0 Å². The lowest BCUT2D eigenvalue weighted by molar-refractivity contribution is -0.114. The van der Waals surface area contributed by atoms with E-state index in [1.165, 1.54) is 19.8 Å². The van der Waals surface area contributed by atoms with E-state index in [0.29, 0.717) is 57.3 Å². The number of ether oxygens (including phenoxy) is 1. The summed E-state index contributed by atoms with van der Waals surface area (Å²) in [5, 5.41) is 4.09. The number of aromatic nitrogens is 5. The SMILES string of the molecule is COc1cc(C(=O)N2CC3CCC2[C@@H]3N)cc2nc(-c3cc4ccc(-c5cnc(NC(C)=O)cc5Cl)nc4n3CC3CC3)n(C)c12. The Hall–Kier alpha value is -4.48. The van der Waals surface area contributed by atoms with Crippen LogP contribution in [0, 0.1) is 11.8 Å². The van der Waals surface area contributed by atoms with Crippen molar-refractivity contribution in [1.29, 1.82) is 0 Å². The molecule has 1 aliphatic heterocycles. The average molecular weight is 639 g/mol. The molecule has 2 saturated carbocycles. The Morgan fingerprint density at radius 1 is 1.11 bits per heavy atom. The second kappa shape index (κ2) is 10.8. The van der Waals surface area contributed by atoms with Gasteiger partial charge in [-0.1, -0.05) is 11.6 Å². The number of amides is 2. The summed E-state index contributed by atoms with van der Waals surface area (Å²) in [7, 11) is 3.61. The number of halogens is 1. The molecule has 0 spiro atoms. The third-order valence-corrected chi connectivity index (χ3v) is 10.2. The van der Waals surface area contributed by atoms with Gasteiger partial charge in [-0.25, -0.2) is 15.0 Å². The number of aryl methyl sites for hydroxylation is 1.